The van der Waals surface area contributed by atoms with E-state index in [1.54, 1.807) is 12.1 Å². The van der Waals surface area contributed by atoms with E-state index in [0.29, 0.717) is 5.02 Å². The van der Waals surface area contributed by atoms with Crippen molar-refractivity contribution < 1.29 is 5.11 Å². The number of hydrogen-bond acceptors (Lipinski definition) is 1. The number of H-pyrrole nitrogens is 1. The van der Waals surface area contributed by atoms with Crippen molar-refractivity contribution in [2.45, 2.75) is 6.92 Å². The van der Waals surface area contributed by atoms with Crippen molar-refractivity contribution in [1.29, 1.82) is 0 Å². The van der Waals surface area contributed by atoms with Gasteiger partial charge < -0.3 is 10.1 Å². The Kier molecular flexibility index (Phi) is 2.53. The number of hydrogen-bond donors (Lipinski definition) is 2. The number of fused-ring (bicyclic) bond motifs is 1. The Labute approximate surface area is 110 Å². The monoisotopic (exact) mass is 257 g/mol. The zero-order chi connectivity index (χ0) is 12.7. The lowest BCUT2D eigenvalue weighted by Crippen LogP contribution is -1.81. The fourth-order valence-corrected chi connectivity index (χ4v) is 2.54. The summed E-state index contributed by atoms with van der Waals surface area (Å²) >= 11 is 6.43. The highest BCUT2D eigenvalue weighted by molar-refractivity contribution is 6.38. The number of para-hydroxylation sites is 1. The number of phenols is 1. The van der Waals surface area contributed by atoms with Gasteiger partial charge in [-0.2, -0.15) is 0 Å². The molecule has 0 spiro atoms. The molecule has 3 heteroatoms. The van der Waals surface area contributed by atoms with E-state index < -0.39 is 0 Å². The molecule has 2 nitrogen and oxygen atoms in total. The topological polar surface area (TPSA) is 36.0 Å². The highest BCUT2D eigenvalue weighted by Gasteiger charge is 2.11. The average Bonchev–Trinajstić information content (AvgIpc) is 2.73. The summed E-state index contributed by atoms with van der Waals surface area (Å²) in [7, 11) is 0. The lowest BCUT2D eigenvalue weighted by atomic mass is 10.0. The maximum Gasteiger partial charge on any atom is 0.123 e. The number of benzene rings is 2. The first-order valence-electron chi connectivity index (χ1n) is 5.73. The van der Waals surface area contributed by atoms with Gasteiger partial charge in [0.2, 0.25) is 0 Å². The molecule has 0 aliphatic rings. The molecule has 1 aromatic heterocycles. The fourth-order valence-electron chi connectivity index (χ4n) is 2.22. The van der Waals surface area contributed by atoms with Gasteiger partial charge in [-0.1, -0.05) is 35.9 Å². The van der Waals surface area contributed by atoms with Crippen LogP contribution < -0.4 is 0 Å². The van der Waals surface area contributed by atoms with Crippen molar-refractivity contribution in [3.63, 3.8) is 0 Å². The molecule has 0 amide bonds. The van der Waals surface area contributed by atoms with E-state index in [4.69, 9.17) is 11.6 Å². The highest BCUT2D eigenvalue weighted by Crippen LogP contribution is 2.38. The fraction of sp³-hybridized carbons (Fsp3) is 0.0667. The van der Waals surface area contributed by atoms with Gasteiger partial charge in [-0.05, 0) is 25.1 Å². The molecule has 2 aromatic carbocycles. The van der Waals surface area contributed by atoms with Gasteiger partial charge in [0.25, 0.3) is 0 Å². The summed E-state index contributed by atoms with van der Waals surface area (Å²) in [6.45, 7) is 2.00. The minimum atomic E-state index is 0.242. The second-order valence-corrected chi connectivity index (χ2v) is 4.74. The molecule has 18 heavy (non-hydrogen) atoms. The van der Waals surface area contributed by atoms with E-state index in [9.17, 15) is 5.11 Å². The van der Waals surface area contributed by atoms with E-state index in [1.807, 2.05) is 37.3 Å². The minimum absolute atomic E-state index is 0.242. The molecule has 0 atom stereocenters. The van der Waals surface area contributed by atoms with Crippen molar-refractivity contribution in [3.05, 3.63) is 53.2 Å². The van der Waals surface area contributed by atoms with E-state index >= 15 is 0 Å². The number of phenolic OH excluding ortho intramolecular Hbond substituents is 1. The van der Waals surface area contributed by atoms with Crippen LogP contribution in [0.4, 0.5) is 0 Å². The molecule has 0 unspecified atom stereocenters. The summed E-state index contributed by atoms with van der Waals surface area (Å²) in [6.07, 6.45) is 0. The van der Waals surface area contributed by atoms with Crippen molar-refractivity contribution in [1.82, 2.24) is 4.98 Å². The first-order chi connectivity index (χ1) is 8.66. The smallest absolute Gasteiger partial charge is 0.123 e. The summed E-state index contributed by atoms with van der Waals surface area (Å²) in [4.78, 5) is 3.25. The van der Waals surface area contributed by atoms with Crippen LogP contribution in [0.5, 0.6) is 5.75 Å². The van der Waals surface area contributed by atoms with Crippen LogP contribution in [0.3, 0.4) is 0 Å². The van der Waals surface area contributed by atoms with Gasteiger partial charge in [0.05, 0.1) is 5.02 Å². The van der Waals surface area contributed by atoms with Crippen molar-refractivity contribution in [3.8, 4) is 16.9 Å². The molecule has 0 radical (unpaired) electrons. The third kappa shape index (κ3) is 1.66. The van der Waals surface area contributed by atoms with E-state index in [2.05, 4.69) is 4.98 Å². The van der Waals surface area contributed by atoms with Crippen LogP contribution in [0.25, 0.3) is 22.0 Å². The maximum absolute atomic E-state index is 9.90. The van der Waals surface area contributed by atoms with Crippen molar-refractivity contribution in [2.75, 3.05) is 0 Å². The summed E-state index contributed by atoms with van der Waals surface area (Å²) < 4.78 is 0. The molecule has 1 heterocycles. The normalized spacial score (nSPS) is 11.0. The van der Waals surface area contributed by atoms with Crippen LogP contribution in [0.15, 0.2) is 42.5 Å². The molecule has 3 aromatic rings. The Morgan fingerprint density at radius 1 is 1.06 bits per heavy atom. The summed E-state index contributed by atoms with van der Waals surface area (Å²) in [5, 5.41) is 11.5. The van der Waals surface area contributed by atoms with Crippen LogP contribution in [-0.2, 0) is 0 Å². The van der Waals surface area contributed by atoms with Gasteiger partial charge in [0.1, 0.15) is 5.75 Å². The molecule has 3 rings (SSSR count). The van der Waals surface area contributed by atoms with Gasteiger partial charge in [0, 0.05) is 27.7 Å². The first kappa shape index (κ1) is 11.2. The van der Waals surface area contributed by atoms with Crippen LogP contribution in [-0.4, -0.2) is 10.1 Å². The third-order valence-electron chi connectivity index (χ3n) is 3.07. The Morgan fingerprint density at radius 3 is 2.61 bits per heavy atom. The van der Waals surface area contributed by atoms with Crippen LogP contribution in [0.1, 0.15) is 5.69 Å². The second kappa shape index (κ2) is 4.07. The molecule has 90 valence electrons. The van der Waals surface area contributed by atoms with Gasteiger partial charge in [0.15, 0.2) is 0 Å². The molecular weight excluding hydrogens is 246 g/mol. The van der Waals surface area contributed by atoms with Crippen molar-refractivity contribution in [2.24, 2.45) is 0 Å². The molecule has 0 aliphatic heterocycles. The molecule has 0 saturated carbocycles. The van der Waals surface area contributed by atoms with Crippen LogP contribution in [0, 0.1) is 6.92 Å². The van der Waals surface area contributed by atoms with Gasteiger partial charge >= 0.3 is 0 Å². The lowest BCUT2D eigenvalue weighted by molar-refractivity contribution is 0.477. The first-order valence-corrected chi connectivity index (χ1v) is 6.11. The Bertz CT molecular complexity index is 730. The summed E-state index contributed by atoms with van der Waals surface area (Å²) in [6, 6.07) is 13.1. The predicted molar refractivity (Wildman–Crippen MR) is 75.1 cm³/mol. The van der Waals surface area contributed by atoms with E-state index in [0.717, 1.165) is 27.7 Å². The van der Waals surface area contributed by atoms with E-state index in [-0.39, 0.29) is 5.75 Å². The highest BCUT2D eigenvalue weighted by atomic mass is 35.5. The second-order valence-electron chi connectivity index (χ2n) is 4.36. The minimum Gasteiger partial charge on any atom is -0.507 e. The zero-order valence-corrected chi connectivity index (χ0v) is 10.6. The van der Waals surface area contributed by atoms with Crippen LogP contribution >= 0.6 is 11.6 Å². The number of rotatable bonds is 1. The quantitative estimate of drug-likeness (QED) is 0.661. The average molecular weight is 258 g/mol. The van der Waals surface area contributed by atoms with E-state index in [1.165, 1.54) is 0 Å². The van der Waals surface area contributed by atoms with Crippen molar-refractivity contribution >= 4 is 22.5 Å². The molecule has 0 saturated heterocycles. The summed E-state index contributed by atoms with van der Waals surface area (Å²) in [5.41, 5.74) is 3.68. The maximum atomic E-state index is 9.90. The number of nitrogens with one attached hydrogen (secondary N) is 1. The standard InChI is InChI=1S/C15H12ClNO/c1-9-8-12-13(17-9)7-6-11(15(12)16)10-4-2-3-5-14(10)18/h2-8,17-18H,1H3. The molecule has 2 N–H and O–H groups in total. The number of aromatic hydroxyl groups is 1. The number of aromatic nitrogens is 1. The zero-order valence-electron chi connectivity index (χ0n) is 9.87. The van der Waals surface area contributed by atoms with Gasteiger partial charge in [-0.3, -0.25) is 0 Å². The predicted octanol–water partition coefficient (Wildman–Crippen LogP) is 4.50. The van der Waals surface area contributed by atoms with Crippen LogP contribution in [0.2, 0.25) is 5.02 Å². The van der Waals surface area contributed by atoms with Gasteiger partial charge in [-0.25, -0.2) is 0 Å². The molecule has 0 bridgehead atoms. The number of aryl methyl sites for hydroxylation is 1. The Balaban J connectivity index is 2.30. The largest absolute Gasteiger partial charge is 0.507 e. The molecule has 0 aliphatic carbocycles. The molecule has 0 fully saturated rings. The third-order valence-corrected chi connectivity index (χ3v) is 3.47. The number of halogens is 1. The summed E-state index contributed by atoms with van der Waals surface area (Å²) in [5.74, 6) is 0.242. The molecular formula is C15H12ClNO. The Hall–Kier alpha value is -1.93. The SMILES string of the molecule is Cc1cc2c(Cl)c(-c3ccccc3O)ccc2[nH]1. The van der Waals surface area contributed by atoms with Gasteiger partial charge in [-0.15, -0.1) is 0 Å². The lowest BCUT2D eigenvalue weighted by Gasteiger charge is -2.07. The number of aromatic amines is 1. The Morgan fingerprint density at radius 2 is 1.83 bits per heavy atom.